The molecule has 98 valence electrons. The number of carbonyl (C=O) groups excluding carboxylic acids is 3. The first-order valence-electron chi connectivity index (χ1n) is 5.30. The number of ether oxygens (including phenoxy) is 1. The highest BCUT2D eigenvalue weighted by molar-refractivity contribution is 7.07. The van der Waals surface area contributed by atoms with E-state index in [0.717, 1.165) is 5.56 Å². The van der Waals surface area contributed by atoms with Crippen LogP contribution in [0.15, 0.2) is 16.8 Å². The van der Waals surface area contributed by atoms with Crippen molar-refractivity contribution in [2.24, 2.45) is 0 Å². The maximum Gasteiger partial charge on any atom is 0.321 e. The summed E-state index contributed by atoms with van der Waals surface area (Å²) in [6.45, 7) is -0.449. The molecular formula is C11H14N2O4S. The first-order valence-corrected chi connectivity index (χ1v) is 6.24. The van der Waals surface area contributed by atoms with E-state index in [1.807, 2.05) is 22.1 Å². The third-order valence-electron chi connectivity index (χ3n) is 2.04. The maximum absolute atomic E-state index is 11.3. The van der Waals surface area contributed by atoms with Gasteiger partial charge in [-0.25, -0.2) is 4.79 Å². The normalized spacial score (nSPS) is 9.61. The highest BCUT2D eigenvalue weighted by atomic mass is 32.1. The Hall–Kier alpha value is -1.89. The first-order chi connectivity index (χ1) is 8.61. The summed E-state index contributed by atoms with van der Waals surface area (Å²) >= 11 is 1.56. The molecule has 1 rings (SSSR count). The molecule has 2 N–H and O–H groups in total. The minimum Gasteiger partial charge on any atom is -0.456 e. The van der Waals surface area contributed by atoms with Gasteiger partial charge in [-0.15, -0.1) is 0 Å². The number of imide groups is 1. The molecule has 1 aromatic rings. The molecule has 18 heavy (non-hydrogen) atoms. The van der Waals surface area contributed by atoms with Crippen molar-refractivity contribution < 1.29 is 19.1 Å². The van der Waals surface area contributed by atoms with Crippen molar-refractivity contribution in [3.8, 4) is 0 Å². The number of aryl methyl sites for hydroxylation is 1. The van der Waals surface area contributed by atoms with Crippen LogP contribution >= 0.6 is 11.3 Å². The van der Waals surface area contributed by atoms with Crippen LogP contribution in [0.3, 0.4) is 0 Å². The molecule has 0 atom stereocenters. The molecule has 0 aromatic carbocycles. The topological polar surface area (TPSA) is 84.5 Å². The predicted molar refractivity (Wildman–Crippen MR) is 66.2 cm³/mol. The second-order valence-electron chi connectivity index (χ2n) is 3.42. The molecule has 1 aromatic heterocycles. The van der Waals surface area contributed by atoms with Gasteiger partial charge in [-0.1, -0.05) is 0 Å². The summed E-state index contributed by atoms with van der Waals surface area (Å²) in [6, 6.07) is 1.30. The van der Waals surface area contributed by atoms with Crippen molar-refractivity contribution in [2.75, 3.05) is 13.7 Å². The zero-order chi connectivity index (χ0) is 13.4. The van der Waals surface area contributed by atoms with Crippen LogP contribution in [0.2, 0.25) is 0 Å². The van der Waals surface area contributed by atoms with Crippen LogP contribution in [0.5, 0.6) is 0 Å². The Bertz CT molecular complexity index is 417. The van der Waals surface area contributed by atoms with Crippen molar-refractivity contribution in [3.05, 3.63) is 22.4 Å². The Morgan fingerprint density at radius 2 is 2.17 bits per heavy atom. The summed E-state index contributed by atoms with van der Waals surface area (Å²) in [4.78, 5) is 33.2. The second-order valence-corrected chi connectivity index (χ2v) is 4.20. The SMILES string of the molecule is CNC(=O)NC(=O)COC(=O)CCc1ccsc1. The fourth-order valence-corrected chi connectivity index (χ4v) is 1.83. The van der Waals surface area contributed by atoms with Gasteiger partial charge in [0.15, 0.2) is 6.61 Å². The molecule has 7 heteroatoms. The highest BCUT2D eigenvalue weighted by Crippen LogP contribution is 2.08. The average Bonchev–Trinajstić information content (AvgIpc) is 2.86. The molecule has 1 heterocycles. The predicted octanol–water partition coefficient (Wildman–Crippen LogP) is 0.680. The highest BCUT2D eigenvalue weighted by Gasteiger charge is 2.09. The monoisotopic (exact) mass is 270 g/mol. The van der Waals surface area contributed by atoms with Gasteiger partial charge in [0.1, 0.15) is 0 Å². The molecule has 0 aliphatic heterocycles. The van der Waals surface area contributed by atoms with Gasteiger partial charge >= 0.3 is 12.0 Å². The van der Waals surface area contributed by atoms with E-state index < -0.39 is 24.5 Å². The molecule has 0 aliphatic rings. The van der Waals surface area contributed by atoms with E-state index in [1.165, 1.54) is 7.05 Å². The summed E-state index contributed by atoms with van der Waals surface area (Å²) in [6.07, 6.45) is 0.795. The summed E-state index contributed by atoms with van der Waals surface area (Å²) < 4.78 is 4.72. The van der Waals surface area contributed by atoms with Gasteiger partial charge in [-0.3, -0.25) is 14.9 Å². The van der Waals surface area contributed by atoms with Crippen LogP contribution in [-0.4, -0.2) is 31.6 Å². The lowest BCUT2D eigenvalue weighted by atomic mass is 10.2. The Morgan fingerprint density at radius 1 is 1.39 bits per heavy atom. The quantitative estimate of drug-likeness (QED) is 0.771. The molecule has 0 fully saturated rings. The van der Waals surface area contributed by atoms with Crippen LogP contribution in [-0.2, 0) is 20.7 Å². The standard InChI is InChI=1S/C11H14N2O4S/c1-12-11(16)13-9(14)6-17-10(15)3-2-8-4-5-18-7-8/h4-5,7H,2-3,6H2,1H3,(H2,12,13,14,16). The van der Waals surface area contributed by atoms with Gasteiger partial charge in [0.25, 0.3) is 5.91 Å². The van der Waals surface area contributed by atoms with Crippen molar-refractivity contribution >= 4 is 29.2 Å². The van der Waals surface area contributed by atoms with Gasteiger partial charge in [0.2, 0.25) is 0 Å². The van der Waals surface area contributed by atoms with E-state index in [1.54, 1.807) is 11.3 Å². The Balaban J connectivity index is 2.17. The molecule has 0 saturated heterocycles. The molecule has 0 saturated carbocycles. The lowest BCUT2D eigenvalue weighted by Crippen LogP contribution is -2.39. The van der Waals surface area contributed by atoms with Crippen LogP contribution < -0.4 is 10.6 Å². The zero-order valence-electron chi connectivity index (χ0n) is 9.89. The Morgan fingerprint density at radius 3 is 2.78 bits per heavy atom. The van der Waals surface area contributed by atoms with Crippen molar-refractivity contribution in [3.63, 3.8) is 0 Å². The third kappa shape index (κ3) is 5.44. The Labute approximate surface area is 108 Å². The maximum atomic E-state index is 11.3. The molecule has 0 spiro atoms. The number of thiophene rings is 1. The van der Waals surface area contributed by atoms with Gasteiger partial charge in [-0.2, -0.15) is 11.3 Å². The number of rotatable bonds is 5. The number of hydrogen-bond donors (Lipinski definition) is 2. The third-order valence-corrected chi connectivity index (χ3v) is 2.77. The lowest BCUT2D eigenvalue weighted by Gasteiger charge is -2.04. The molecule has 0 bridgehead atoms. The molecule has 3 amide bonds. The van der Waals surface area contributed by atoms with Crippen LogP contribution in [0.4, 0.5) is 4.79 Å². The lowest BCUT2D eigenvalue weighted by molar-refractivity contribution is -0.148. The minimum atomic E-state index is -0.654. The Kier molecular flexibility index (Phi) is 5.86. The molecule has 0 aliphatic carbocycles. The van der Waals surface area contributed by atoms with E-state index in [4.69, 9.17) is 4.74 Å². The van der Waals surface area contributed by atoms with E-state index in [0.29, 0.717) is 6.42 Å². The fourth-order valence-electron chi connectivity index (χ4n) is 1.12. The fraction of sp³-hybridized carbons (Fsp3) is 0.364. The number of esters is 1. The van der Waals surface area contributed by atoms with Gasteiger partial charge in [-0.05, 0) is 28.8 Å². The van der Waals surface area contributed by atoms with Crippen LogP contribution in [0, 0.1) is 0 Å². The molecule has 0 unspecified atom stereocenters. The average molecular weight is 270 g/mol. The number of hydrogen-bond acceptors (Lipinski definition) is 5. The van der Waals surface area contributed by atoms with E-state index in [-0.39, 0.29) is 6.42 Å². The number of nitrogens with one attached hydrogen (secondary N) is 2. The number of amides is 3. The van der Waals surface area contributed by atoms with E-state index >= 15 is 0 Å². The number of urea groups is 1. The van der Waals surface area contributed by atoms with Crippen molar-refractivity contribution in [2.45, 2.75) is 12.8 Å². The summed E-state index contributed by atoms with van der Waals surface area (Å²) in [5.41, 5.74) is 1.06. The van der Waals surface area contributed by atoms with Gasteiger partial charge < -0.3 is 10.1 Å². The smallest absolute Gasteiger partial charge is 0.321 e. The first kappa shape index (κ1) is 14.2. The summed E-state index contributed by atoms with van der Waals surface area (Å²) in [7, 11) is 1.38. The van der Waals surface area contributed by atoms with Crippen LogP contribution in [0.1, 0.15) is 12.0 Å². The zero-order valence-corrected chi connectivity index (χ0v) is 10.7. The summed E-state index contributed by atoms with van der Waals surface area (Å²) in [5.74, 6) is -1.12. The van der Waals surface area contributed by atoms with Gasteiger partial charge in [0.05, 0.1) is 0 Å². The molecule has 6 nitrogen and oxygen atoms in total. The molecule has 0 radical (unpaired) electrons. The van der Waals surface area contributed by atoms with Crippen molar-refractivity contribution in [1.29, 1.82) is 0 Å². The van der Waals surface area contributed by atoms with Gasteiger partial charge in [0, 0.05) is 13.5 Å². The minimum absolute atomic E-state index is 0.212. The van der Waals surface area contributed by atoms with Crippen molar-refractivity contribution in [1.82, 2.24) is 10.6 Å². The second kappa shape index (κ2) is 7.44. The van der Waals surface area contributed by atoms with E-state index in [9.17, 15) is 14.4 Å². The summed E-state index contributed by atoms with van der Waals surface area (Å²) in [5, 5.41) is 8.09. The van der Waals surface area contributed by atoms with Crippen LogP contribution in [0.25, 0.3) is 0 Å². The van der Waals surface area contributed by atoms with E-state index in [2.05, 4.69) is 5.32 Å². The number of carbonyl (C=O) groups is 3. The largest absolute Gasteiger partial charge is 0.456 e. The molecular weight excluding hydrogens is 256 g/mol.